The van der Waals surface area contributed by atoms with E-state index >= 15 is 0 Å². The van der Waals surface area contributed by atoms with Crippen LogP contribution in [0.3, 0.4) is 0 Å². The van der Waals surface area contributed by atoms with Gasteiger partial charge in [0.05, 0.1) is 4.88 Å². The van der Waals surface area contributed by atoms with Crippen LogP contribution in [0.4, 0.5) is 0 Å². The summed E-state index contributed by atoms with van der Waals surface area (Å²) in [6.07, 6.45) is 0. The molecule has 1 aromatic heterocycles. The van der Waals surface area contributed by atoms with Gasteiger partial charge < -0.3 is 0 Å². The summed E-state index contributed by atoms with van der Waals surface area (Å²) >= 11 is 3.74. The smallest absolute Gasteiger partial charge is 0.236 e. The molecule has 0 amide bonds. The van der Waals surface area contributed by atoms with Crippen LogP contribution in [-0.2, 0) is 0 Å². The molecule has 0 saturated carbocycles. The number of thiophene rings is 1. The Kier molecular flexibility index (Phi) is 3.75. The predicted octanol–water partition coefficient (Wildman–Crippen LogP) is 3.59. The van der Waals surface area contributed by atoms with Crippen molar-refractivity contribution in [1.29, 1.82) is 0 Å². The lowest BCUT2D eigenvalue weighted by Crippen LogP contribution is -1.94. The van der Waals surface area contributed by atoms with E-state index < -0.39 is 0 Å². The largest absolute Gasteiger partial charge is 0.279 e. The third-order valence-electron chi connectivity index (χ3n) is 1.93. The van der Waals surface area contributed by atoms with Gasteiger partial charge in [-0.1, -0.05) is 6.07 Å². The number of halogens is 1. The molecule has 0 aliphatic heterocycles. The highest BCUT2D eigenvalue weighted by Crippen LogP contribution is 2.08. The minimum Gasteiger partial charge on any atom is -0.279 e. The molecule has 0 fully saturated rings. The Hall–Kier alpha value is -1.12. The summed E-state index contributed by atoms with van der Waals surface area (Å²) in [6.45, 7) is 0. The molecule has 78 valence electrons. The van der Waals surface area contributed by atoms with E-state index in [0.29, 0.717) is 5.56 Å². The van der Waals surface area contributed by atoms with Crippen molar-refractivity contribution in [1.82, 2.24) is 0 Å². The Labute approximate surface area is 112 Å². The van der Waals surface area contributed by atoms with Crippen molar-refractivity contribution >= 4 is 39.7 Å². The fraction of sp³-hybridized carbons (Fsp3) is 0. The van der Waals surface area contributed by atoms with Gasteiger partial charge in [-0.2, -0.15) is 0 Å². The van der Waals surface area contributed by atoms with Crippen molar-refractivity contribution < 1.29 is 4.79 Å². The van der Waals surface area contributed by atoms with Crippen molar-refractivity contribution in [2.75, 3.05) is 0 Å². The molecule has 0 unspecified atom stereocenters. The van der Waals surface area contributed by atoms with Crippen LogP contribution in [0, 0.1) is 15.4 Å². The molecule has 16 heavy (non-hydrogen) atoms. The molecule has 0 spiro atoms. The van der Waals surface area contributed by atoms with Gasteiger partial charge in [0, 0.05) is 9.13 Å². The standard InChI is InChI=1S/C13H7IOS/c14-11-5-3-10(4-6-11)13(15)8-7-12-2-1-9-16-12/h1-6,9H. The summed E-state index contributed by atoms with van der Waals surface area (Å²) < 4.78 is 1.11. The fourth-order valence-electron chi connectivity index (χ4n) is 1.14. The highest BCUT2D eigenvalue weighted by atomic mass is 127. The van der Waals surface area contributed by atoms with Crippen LogP contribution >= 0.6 is 33.9 Å². The maximum atomic E-state index is 11.7. The maximum Gasteiger partial charge on any atom is 0.236 e. The first-order valence-electron chi connectivity index (χ1n) is 4.61. The summed E-state index contributed by atoms with van der Waals surface area (Å²) in [5, 5.41) is 1.94. The molecule has 1 heterocycles. The van der Waals surface area contributed by atoms with Gasteiger partial charge in [0.1, 0.15) is 0 Å². The minimum absolute atomic E-state index is 0.134. The molecule has 2 aromatic rings. The average molecular weight is 338 g/mol. The lowest BCUT2D eigenvalue weighted by molar-refractivity contribution is 0.105. The van der Waals surface area contributed by atoms with Crippen LogP contribution in [0.5, 0.6) is 0 Å². The number of hydrogen-bond acceptors (Lipinski definition) is 2. The van der Waals surface area contributed by atoms with Crippen LogP contribution in [0.15, 0.2) is 41.8 Å². The molecule has 1 aromatic carbocycles. The lowest BCUT2D eigenvalue weighted by atomic mass is 10.1. The van der Waals surface area contributed by atoms with Gasteiger partial charge in [0.2, 0.25) is 5.78 Å². The first kappa shape index (κ1) is 11.4. The molecule has 3 heteroatoms. The summed E-state index contributed by atoms with van der Waals surface area (Å²) in [5.74, 6) is 5.36. The normalized spacial score (nSPS) is 9.31. The van der Waals surface area contributed by atoms with Gasteiger partial charge in [-0.15, -0.1) is 11.3 Å². The number of ketones is 1. The Bertz CT molecular complexity index is 544. The van der Waals surface area contributed by atoms with Gasteiger partial charge >= 0.3 is 0 Å². The minimum atomic E-state index is -0.134. The van der Waals surface area contributed by atoms with Crippen LogP contribution in [0.1, 0.15) is 15.2 Å². The number of rotatable bonds is 1. The van der Waals surface area contributed by atoms with E-state index in [1.165, 1.54) is 11.3 Å². The second-order valence-electron chi connectivity index (χ2n) is 3.06. The number of carbonyl (C=O) groups excluding carboxylic acids is 1. The third kappa shape index (κ3) is 2.94. The summed E-state index contributed by atoms with van der Waals surface area (Å²) in [4.78, 5) is 12.6. The first-order chi connectivity index (χ1) is 7.75. The monoisotopic (exact) mass is 338 g/mol. The van der Waals surface area contributed by atoms with E-state index in [1.807, 2.05) is 29.6 Å². The van der Waals surface area contributed by atoms with Crippen LogP contribution in [0.2, 0.25) is 0 Å². The van der Waals surface area contributed by atoms with Crippen molar-refractivity contribution in [2.24, 2.45) is 0 Å². The van der Waals surface area contributed by atoms with Gasteiger partial charge in [-0.25, -0.2) is 0 Å². The summed E-state index contributed by atoms with van der Waals surface area (Å²) in [6, 6.07) is 11.2. The van der Waals surface area contributed by atoms with E-state index in [2.05, 4.69) is 34.4 Å². The molecule has 0 aliphatic rings. The van der Waals surface area contributed by atoms with Crippen LogP contribution < -0.4 is 0 Å². The topological polar surface area (TPSA) is 17.1 Å². The van der Waals surface area contributed by atoms with Crippen molar-refractivity contribution in [3.8, 4) is 11.8 Å². The van der Waals surface area contributed by atoms with E-state index in [0.717, 1.165) is 8.45 Å². The molecule has 2 rings (SSSR count). The first-order valence-corrected chi connectivity index (χ1v) is 6.57. The summed E-state index contributed by atoms with van der Waals surface area (Å²) in [7, 11) is 0. The van der Waals surface area contributed by atoms with Crippen molar-refractivity contribution in [3.63, 3.8) is 0 Å². The van der Waals surface area contributed by atoms with Gasteiger partial charge in [0.25, 0.3) is 0 Å². The van der Waals surface area contributed by atoms with Gasteiger partial charge in [-0.3, -0.25) is 4.79 Å². The van der Waals surface area contributed by atoms with Gasteiger partial charge in [-0.05, 0) is 70.1 Å². The second kappa shape index (κ2) is 5.28. The number of benzene rings is 1. The molecule has 0 radical (unpaired) electrons. The number of Topliss-reactive ketones (excluding diaryl/α,β-unsaturated/α-hetero) is 1. The zero-order chi connectivity index (χ0) is 11.4. The zero-order valence-corrected chi connectivity index (χ0v) is 11.2. The second-order valence-corrected chi connectivity index (χ2v) is 5.26. The highest BCUT2D eigenvalue weighted by molar-refractivity contribution is 14.1. The van der Waals surface area contributed by atoms with E-state index in [9.17, 15) is 4.79 Å². The molecule has 0 bridgehead atoms. The van der Waals surface area contributed by atoms with Crippen molar-refractivity contribution in [2.45, 2.75) is 0 Å². The molecular formula is C13H7IOS. The fourth-order valence-corrected chi connectivity index (χ4v) is 2.07. The Morgan fingerprint density at radius 1 is 1.19 bits per heavy atom. The summed E-state index contributed by atoms with van der Waals surface area (Å²) in [5.41, 5.74) is 0.643. The highest BCUT2D eigenvalue weighted by Gasteiger charge is 2.00. The molecule has 0 aliphatic carbocycles. The number of hydrogen-bond donors (Lipinski definition) is 0. The molecular weight excluding hydrogens is 331 g/mol. The quantitative estimate of drug-likeness (QED) is 0.441. The maximum absolute atomic E-state index is 11.7. The molecule has 0 saturated heterocycles. The van der Waals surface area contributed by atoms with E-state index in [1.54, 1.807) is 12.1 Å². The third-order valence-corrected chi connectivity index (χ3v) is 3.43. The predicted molar refractivity (Wildman–Crippen MR) is 74.7 cm³/mol. The molecule has 0 atom stereocenters. The van der Waals surface area contributed by atoms with E-state index in [4.69, 9.17) is 0 Å². The van der Waals surface area contributed by atoms with Crippen LogP contribution in [0.25, 0.3) is 0 Å². The Morgan fingerprint density at radius 3 is 2.56 bits per heavy atom. The number of carbonyl (C=O) groups is 1. The van der Waals surface area contributed by atoms with Crippen molar-refractivity contribution in [3.05, 3.63) is 55.8 Å². The lowest BCUT2D eigenvalue weighted by Gasteiger charge is -1.93. The van der Waals surface area contributed by atoms with Crippen LogP contribution in [-0.4, -0.2) is 5.78 Å². The average Bonchev–Trinajstić information content (AvgIpc) is 2.80. The van der Waals surface area contributed by atoms with Gasteiger partial charge in [0.15, 0.2) is 0 Å². The Balaban J connectivity index is 2.17. The SMILES string of the molecule is O=C(C#Cc1cccs1)c1ccc(I)cc1. The zero-order valence-electron chi connectivity index (χ0n) is 8.24. The molecule has 0 N–H and O–H groups in total. The Morgan fingerprint density at radius 2 is 1.94 bits per heavy atom. The van der Waals surface area contributed by atoms with E-state index in [-0.39, 0.29) is 5.78 Å². The molecule has 1 nitrogen and oxygen atoms in total.